The van der Waals surface area contributed by atoms with Crippen molar-refractivity contribution in [3.63, 3.8) is 0 Å². The zero-order chi connectivity index (χ0) is 22.0. The molecule has 8 nitrogen and oxygen atoms in total. The lowest BCUT2D eigenvalue weighted by Gasteiger charge is -2.37. The molecule has 2 aromatic carbocycles. The number of hydrogen-bond acceptors (Lipinski definition) is 7. The van der Waals surface area contributed by atoms with Crippen LogP contribution in [-0.2, 0) is 0 Å². The fourth-order valence-electron chi connectivity index (χ4n) is 3.82. The maximum absolute atomic E-state index is 13.1. The van der Waals surface area contributed by atoms with E-state index in [1.807, 2.05) is 30.3 Å². The van der Waals surface area contributed by atoms with Crippen molar-refractivity contribution in [2.75, 3.05) is 14.2 Å². The first-order chi connectivity index (χ1) is 15.0. The molecule has 8 heteroatoms. The van der Waals surface area contributed by atoms with E-state index >= 15 is 0 Å². The van der Waals surface area contributed by atoms with Gasteiger partial charge < -0.3 is 14.4 Å². The number of allylic oxidation sites excluding steroid dienone is 1. The second kappa shape index (κ2) is 8.43. The molecule has 158 valence electrons. The summed E-state index contributed by atoms with van der Waals surface area (Å²) in [4.78, 5) is 30.4. The molecule has 2 unspecified atom stereocenters. The number of amidine groups is 1. The first kappa shape index (κ1) is 20.3. The minimum Gasteiger partial charge on any atom is -0.493 e. The van der Waals surface area contributed by atoms with Crippen LogP contribution in [0, 0.1) is 10.1 Å². The third-order valence-electron chi connectivity index (χ3n) is 5.37. The molecule has 0 spiro atoms. The van der Waals surface area contributed by atoms with Crippen LogP contribution in [0.2, 0.25) is 0 Å². The van der Waals surface area contributed by atoms with Gasteiger partial charge >= 0.3 is 0 Å². The summed E-state index contributed by atoms with van der Waals surface area (Å²) in [6.07, 6.45) is 4.80. The molecule has 2 aliphatic heterocycles. The molecule has 0 N–H and O–H groups in total. The Bertz CT molecular complexity index is 1110. The van der Waals surface area contributed by atoms with Crippen molar-refractivity contribution in [3.8, 4) is 11.5 Å². The molecular weight excluding hydrogens is 398 g/mol. The average Bonchev–Trinajstić information content (AvgIpc) is 2.82. The quantitative estimate of drug-likeness (QED) is 0.402. The Balaban J connectivity index is 1.77. The highest BCUT2D eigenvalue weighted by Gasteiger charge is 2.36. The summed E-state index contributed by atoms with van der Waals surface area (Å²) in [6, 6.07) is 13.5. The molecule has 2 atom stereocenters. The second-order valence-electron chi connectivity index (χ2n) is 7.15. The molecule has 0 bridgehead atoms. The predicted molar refractivity (Wildman–Crippen MR) is 115 cm³/mol. The van der Waals surface area contributed by atoms with Crippen LogP contribution in [0.5, 0.6) is 11.5 Å². The highest BCUT2D eigenvalue weighted by molar-refractivity contribution is 6.04. The van der Waals surface area contributed by atoms with Gasteiger partial charge in [-0.05, 0) is 23.8 Å². The smallest absolute Gasteiger partial charge is 0.285 e. The average molecular weight is 419 g/mol. The Morgan fingerprint density at radius 3 is 2.52 bits per heavy atom. The van der Waals surface area contributed by atoms with Crippen LogP contribution in [0.3, 0.4) is 0 Å². The summed E-state index contributed by atoms with van der Waals surface area (Å²) >= 11 is 0. The molecule has 0 radical (unpaired) electrons. The largest absolute Gasteiger partial charge is 0.493 e. The summed E-state index contributed by atoms with van der Waals surface area (Å²) in [5.41, 5.74) is 1.38. The molecule has 2 aromatic rings. The molecule has 2 heterocycles. The van der Waals surface area contributed by atoms with Crippen molar-refractivity contribution in [1.29, 1.82) is 0 Å². The van der Waals surface area contributed by atoms with Gasteiger partial charge in [-0.2, -0.15) is 0 Å². The minimum absolute atomic E-state index is 0.0442. The van der Waals surface area contributed by atoms with E-state index in [9.17, 15) is 14.9 Å². The monoisotopic (exact) mass is 419 g/mol. The Labute approximate surface area is 179 Å². The first-order valence-electron chi connectivity index (χ1n) is 9.73. The summed E-state index contributed by atoms with van der Waals surface area (Å²) in [5.74, 6) is 1.54. The highest BCUT2D eigenvalue weighted by Crippen LogP contribution is 2.38. The second-order valence-corrected chi connectivity index (χ2v) is 7.15. The molecule has 0 saturated carbocycles. The Kier molecular flexibility index (Phi) is 5.53. The van der Waals surface area contributed by atoms with E-state index in [2.05, 4.69) is 4.99 Å². The van der Waals surface area contributed by atoms with Gasteiger partial charge in [-0.1, -0.05) is 36.4 Å². The normalized spacial score (nSPS) is 19.7. The van der Waals surface area contributed by atoms with Gasteiger partial charge in [0.25, 0.3) is 5.70 Å². The van der Waals surface area contributed by atoms with E-state index < -0.39 is 11.0 Å². The van der Waals surface area contributed by atoms with Crippen molar-refractivity contribution in [2.24, 2.45) is 4.99 Å². The van der Waals surface area contributed by atoms with Gasteiger partial charge in [0.1, 0.15) is 11.9 Å². The third-order valence-corrected chi connectivity index (χ3v) is 5.37. The van der Waals surface area contributed by atoms with Crippen molar-refractivity contribution in [2.45, 2.75) is 18.5 Å². The maximum Gasteiger partial charge on any atom is 0.285 e. The number of carbonyl (C=O) groups excluding carboxylic acids is 1. The van der Waals surface area contributed by atoms with Crippen LogP contribution in [0.15, 0.2) is 77.6 Å². The van der Waals surface area contributed by atoms with Crippen LogP contribution >= 0.6 is 0 Å². The number of Topliss-reactive ketones (excluding diaryl/α,β-unsaturated/α-hetero) is 1. The molecule has 0 fully saturated rings. The van der Waals surface area contributed by atoms with E-state index in [0.717, 1.165) is 5.56 Å². The lowest BCUT2D eigenvalue weighted by atomic mass is 9.91. The van der Waals surface area contributed by atoms with Crippen LogP contribution in [0.1, 0.15) is 28.4 Å². The maximum atomic E-state index is 13.1. The molecule has 0 saturated heterocycles. The van der Waals surface area contributed by atoms with E-state index in [-0.39, 0.29) is 17.5 Å². The molecule has 4 rings (SSSR count). The summed E-state index contributed by atoms with van der Waals surface area (Å²) in [6.45, 7) is 0. The van der Waals surface area contributed by atoms with Crippen molar-refractivity contribution >= 4 is 11.6 Å². The number of benzene rings is 2. The number of hydrogen-bond donors (Lipinski definition) is 0. The van der Waals surface area contributed by atoms with Gasteiger partial charge in [0, 0.05) is 18.1 Å². The third kappa shape index (κ3) is 3.92. The summed E-state index contributed by atoms with van der Waals surface area (Å²) < 4.78 is 10.8. The summed E-state index contributed by atoms with van der Waals surface area (Å²) in [5, 5.41) is 11.3. The fourth-order valence-corrected chi connectivity index (χ4v) is 3.82. The molecule has 0 aliphatic carbocycles. The topological polar surface area (TPSA) is 94.3 Å². The Morgan fingerprint density at radius 2 is 1.84 bits per heavy atom. The highest BCUT2D eigenvalue weighted by atomic mass is 16.6. The zero-order valence-corrected chi connectivity index (χ0v) is 17.1. The number of aliphatic imine (C=N–C) groups is 1. The lowest BCUT2D eigenvalue weighted by molar-refractivity contribution is -0.420. The predicted octanol–water partition coefficient (Wildman–Crippen LogP) is 3.79. The van der Waals surface area contributed by atoms with E-state index in [4.69, 9.17) is 9.47 Å². The van der Waals surface area contributed by atoms with Crippen LogP contribution < -0.4 is 9.47 Å². The lowest BCUT2D eigenvalue weighted by Crippen LogP contribution is -2.41. The van der Waals surface area contributed by atoms with Gasteiger partial charge in [0.2, 0.25) is 0 Å². The number of nitro groups is 1. The first-order valence-corrected chi connectivity index (χ1v) is 9.73. The van der Waals surface area contributed by atoms with Crippen LogP contribution in [0.4, 0.5) is 0 Å². The number of ether oxygens (including phenoxy) is 2. The van der Waals surface area contributed by atoms with E-state index in [0.29, 0.717) is 29.3 Å². The zero-order valence-electron chi connectivity index (χ0n) is 17.1. The molecule has 0 amide bonds. The van der Waals surface area contributed by atoms with Crippen molar-refractivity contribution < 1.29 is 19.2 Å². The number of carbonyl (C=O) groups is 1. The molecular formula is C23H21N3O5. The standard InChI is InChI=1S/C23H21N3O5/c1-30-20-10-8-16(12-21(20)31-2)19-13-18(23(27)15-6-4-3-5-7-15)24-22-11-9-17(26(28)29)14-25(19)22/h3-12,14,18-19H,13H2,1-2H3. The Hall–Kier alpha value is -3.94. The Morgan fingerprint density at radius 1 is 1.10 bits per heavy atom. The number of ketones is 1. The van der Waals surface area contributed by atoms with Gasteiger partial charge in [-0.15, -0.1) is 0 Å². The van der Waals surface area contributed by atoms with Gasteiger partial charge in [-0.25, -0.2) is 0 Å². The molecule has 2 aliphatic rings. The number of fused-ring (bicyclic) bond motifs is 1. The number of nitrogens with zero attached hydrogens (tertiary/aromatic N) is 3. The van der Waals surface area contributed by atoms with E-state index in [1.165, 1.54) is 12.3 Å². The van der Waals surface area contributed by atoms with Crippen molar-refractivity contribution in [3.05, 3.63) is 93.8 Å². The van der Waals surface area contributed by atoms with Crippen LogP contribution in [-0.4, -0.2) is 41.7 Å². The molecule has 0 aromatic heterocycles. The molecule has 31 heavy (non-hydrogen) atoms. The van der Waals surface area contributed by atoms with Gasteiger partial charge in [0.15, 0.2) is 17.3 Å². The minimum atomic E-state index is -0.609. The van der Waals surface area contributed by atoms with E-state index in [1.54, 1.807) is 43.4 Å². The van der Waals surface area contributed by atoms with Gasteiger partial charge in [-0.3, -0.25) is 19.9 Å². The van der Waals surface area contributed by atoms with Crippen LogP contribution in [0.25, 0.3) is 0 Å². The number of rotatable bonds is 6. The summed E-state index contributed by atoms with van der Waals surface area (Å²) in [7, 11) is 3.10. The van der Waals surface area contributed by atoms with Crippen molar-refractivity contribution in [1.82, 2.24) is 4.90 Å². The fraction of sp³-hybridized carbons (Fsp3) is 0.217. The SMILES string of the molecule is COc1ccc(C2CC(C(=O)c3ccccc3)N=C3C=CC([N+](=O)[O-])=CN32)cc1OC. The number of methoxy groups -OCH3 is 2. The van der Waals surface area contributed by atoms with Gasteiger partial charge in [0.05, 0.1) is 31.4 Å².